The van der Waals surface area contributed by atoms with Gasteiger partial charge in [-0.2, -0.15) is 10.1 Å². The molecule has 0 aliphatic rings. The number of amides is 1. The summed E-state index contributed by atoms with van der Waals surface area (Å²) in [7, 11) is 1.75. The molecule has 0 saturated carbocycles. The Bertz CT molecular complexity index is 554. The number of carbonyl (C=O) groups is 1. The maximum atomic E-state index is 11.4. The highest BCUT2D eigenvalue weighted by molar-refractivity contribution is 8.00. The molecule has 0 saturated heterocycles. The summed E-state index contributed by atoms with van der Waals surface area (Å²) < 4.78 is 0. The van der Waals surface area contributed by atoms with Gasteiger partial charge in [0.1, 0.15) is 5.03 Å². The first-order valence-electron chi connectivity index (χ1n) is 5.53. The van der Waals surface area contributed by atoms with Crippen LogP contribution in [0.15, 0.2) is 11.2 Å². The third-order valence-corrected chi connectivity index (χ3v) is 3.20. The number of anilines is 1. The molecule has 0 unspecified atom stereocenters. The summed E-state index contributed by atoms with van der Waals surface area (Å²) in [6, 6.07) is 0. The molecule has 8 heteroatoms. The number of thioether (sulfide) groups is 1. The molecule has 1 amide bonds. The van der Waals surface area contributed by atoms with Gasteiger partial charge in [-0.3, -0.25) is 9.89 Å². The normalized spacial score (nSPS) is 10.6. The van der Waals surface area contributed by atoms with Crippen molar-refractivity contribution in [3.8, 4) is 0 Å². The van der Waals surface area contributed by atoms with E-state index in [-0.39, 0.29) is 5.91 Å². The molecule has 2 heterocycles. The highest BCUT2D eigenvalue weighted by Gasteiger charge is 2.11. The van der Waals surface area contributed by atoms with Crippen LogP contribution < -0.4 is 10.6 Å². The van der Waals surface area contributed by atoms with Gasteiger partial charge in [0.25, 0.3) is 0 Å². The van der Waals surface area contributed by atoms with Crippen molar-refractivity contribution in [2.45, 2.75) is 11.9 Å². The summed E-state index contributed by atoms with van der Waals surface area (Å²) in [4.78, 5) is 20.0. The van der Waals surface area contributed by atoms with Crippen molar-refractivity contribution in [2.75, 3.05) is 24.7 Å². The van der Waals surface area contributed by atoms with E-state index in [2.05, 4.69) is 30.8 Å². The summed E-state index contributed by atoms with van der Waals surface area (Å²) in [6.07, 6.45) is 1.66. The van der Waals surface area contributed by atoms with Gasteiger partial charge < -0.3 is 10.6 Å². The van der Waals surface area contributed by atoms with Crippen LogP contribution in [0.4, 0.5) is 5.95 Å². The summed E-state index contributed by atoms with van der Waals surface area (Å²) in [5.74, 6) is 0.822. The highest BCUT2D eigenvalue weighted by atomic mass is 32.2. The van der Waals surface area contributed by atoms with Crippen LogP contribution in [0.2, 0.25) is 0 Å². The van der Waals surface area contributed by atoms with Gasteiger partial charge in [-0.15, -0.1) is 0 Å². The molecular weight excluding hydrogens is 252 g/mol. The molecular formula is C10H14N6OS. The molecule has 0 atom stereocenters. The molecule has 2 aromatic rings. The second kappa shape index (κ2) is 5.67. The van der Waals surface area contributed by atoms with Gasteiger partial charge in [0, 0.05) is 13.6 Å². The Morgan fingerprint density at radius 2 is 2.33 bits per heavy atom. The molecule has 0 fully saturated rings. The first-order chi connectivity index (χ1) is 8.74. The lowest BCUT2D eigenvalue weighted by molar-refractivity contribution is -0.118. The van der Waals surface area contributed by atoms with E-state index in [1.54, 1.807) is 13.2 Å². The van der Waals surface area contributed by atoms with Crippen LogP contribution >= 0.6 is 11.8 Å². The molecule has 0 spiro atoms. The standard InChI is InChI=1S/C10H14N6OS/c1-3-12-7(17)5-18-9-6-4-13-16-8(6)14-10(11-2)15-9/h4H,3,5H2,1-2H3,(H,12,17)(H2,11,13,14,15,16). The number of aromatic amines is 1. The third kappa shape index (κ3) is 2.70. The van der Waals surface area contributed by atoms with Crippen molar-refractivity contribution in [3.05, 3.63) is 6.20 Å². The zero-order valence-corrected chi connectivity index (χ0v) is 11.0. The Balaban J connectivity index is 2.20. The zero-order valence-electron chi connectivity index (χ0n) is 10.1. The van der Waals surface area contributed by atoms with Crippen LogP contribution in [-0.2, 0) is 4.79 Å². The first-order valence-corrected chi connectivity index (χ1v) is 6.51. The lowest BCUT2D eigenvalue weighted by Gasteiger charge is -2.05. The summed E-state index contributed by atoms with van der Waals surface area (Å²) in [6.45, 7) is 2.52. The predicted octanol–water partition coefficient (Wildman–Crippen LogP) is 0.623. The fraction of sp³-hybridized carbons (Fsp3) is 0.400. The quantitative estimate of drug-likeness (QED) is 0.542. The van der Waals surface area contributed by atoms with E-state index in [0.29, 0.717) is 23.9 Å². The van der Waals surface area contributed by atoms with Gasteiger partial charge >= 0.3 is 0 Å². The van der Waals surface area contributed by atoms with Crippen LogP contribution in [-0.4, -0.2) is 45.4 Å². The zero-order chi connectivity index (χ0) is 13.0. The second-order valence-corrected chi connectivity index (χ2v) is 4.44. The minimum atomic E-state index is -0.0104. The molecule has 3 N–H and O–H groups in total. The Morgan fingerprint density at radius 1 is 1.50 bits per heavy atom. The van der Waals surface area contributed by atoms with E-state index < -0.39 is 0 Å². The Hall–Kier alpha value is -1.83. The lowest BCUT2D eigenvalue weighted by atomic mass is 10.4. The van der Waals surface area contributed by atoms with Crippen LogP contribution in [0.25, 0.3) is 11.0 Å². The summed E-state index contributed by atoms with van der Waals surface area (Å²) in [5.41, 5.74) is 0.660. The predicted molar refractivity (Wildman–Crippen MR) is 70.6 cm³/mol. The number of aromatic nitrogens is 4. The maximum Gasteiger partial charge on any atom is 0.230 e. The van der Waals surface area contributed by atoms with Crippen LogP contribution in [0.3, 0.4) is 0 Å². The molecule has 7 nitrogen and oxygen atoms in total. The molecule has 2 aromatic heterocycles. The summed E-state index contributed by atoms with van der Waals surface area (Å²) in [5, 5.41) is 13.9. The van der Waals surface area contributed by atoms with E-state index in [4.69, 9.17) is 0 Å². The fourth-order valence-corrected chi connectivity index (χ4v) is 2.24. The average molecular weight is 266 g/mol. The van der Waals surface area contributed by atoms with Crippen molar-refractivity contribution in [1.29, 1.82) is 0 Å². The minimum Gasteiger partial charge on any atom is -0.357 e. The van der Waals surface area contributed by atoms with E-state index in [9.17, 15) is 4.79 Å². The summed E-state index contributed by atoms with van der Waals surface area (Å²) >= 11 is 1.37. The Kier molecular flexibility index (Phi) is 3.98. The van der Waals surface area contributed by atoms with Crippen LogP contribution in [0, 0.1) is 0 Å². The van der Waals surface area contributed by atoms with E-state index in [1.165, 1.54) is 11.8 Å². The van der Waals surface area contributed by atoms with Gasteiger partial charge in [0.2, 0.25) is 11.9 Å². The number of fused-ring (bicyclic) bond motifs is 1. The average Bonchev–Trinajstić information content (AvgIpc) is 2.84. The third-order valence-electron chi connectivity index (χ3n) is 2.21. The Morgan fingerprint density at radius 3 is 3.06 bits per heavy atom. The number of rotatable bonds is 5. The van der Waals surface area contributed by atoms with Crippen LogP contribution in [0.1, 0.15) is 6.92 Å². The lowest BCUT2D eigenvalue weighted by Crippen LogP contribution is -2.24. The molecule has 2 rings (SSSR count). The smallest absolute Gasteiger partial charge is 0.230 e. The van der Waals surface area contributed by atoms with E-state index >= 15 is 0 Å². The van der Waals surface area contributed by atoms with Crippen molar-refractivity contribution in [2.24, 2.45) is 0 Å². The van der Waals surface area contributed by atoms with Crippen molar-refractivity contribution in [1.82, 2.24) is 25.5 Å². The van der Waals surface area contributed by atoms with Gasteiger partial charge in [0.15, 0.2) is 5.65 Å². The number of hydrogen-bond acceptors (Lipinski definition) is 6. The van der Waals surface area contributed by atoms with Gasteiger partial charge in [-0.1, -0.05) is 11.8 Å². The van der Waals surface area contributed by atoms with Crippen molar-refractivity contribution >= 4 is 34.7 Å². The molecule has 0 aliphatic carbocycles. The number of nitrogens with zero attached hydrogens (tertiary/aromatic N) is 3. The molecule has 0 bridgehead atoms. The second-order valence-electron chi connectivity index (χ2n) is 3.48. The van der Waals surface area contributed by atoms with Gasteiger partial charge in [-0.25, -0.2) is 4.98 Å². The number of nitrogens with one attached hydrogen (secondary N) is 3. The molecule has 0 radical (unpaired) electrons. The van der Waals surface area contributed by atoms with Gasteiger partial charge in [-0.05, 0) is 6.92 Å². The van der Waals surface area contributed by atoms with E-state index in [1.807, 2.05) is 6.92 Å². The molecule has 96 valence electrons. The minimum absolute atomic E-state index is 0.0104. The number of H-pyrrole nitrogens is 1. The Labute approximate surface area is 108 Å². The SMILES string of the molecule is CCNC(=O)CSc1nc(NC)nc2[nH]ncc12. The highest BCUT2D eigenvalue weighted by Crippen LogP contribution is 2.24. The number of hydrogen-bond donors (Lipinski definition) is 3. The monoisotopic (exact) mass is 266 g/mol. The van der Waals surface area contributed by atoms with Crippen LogP contribution in [0.5, 0.6) is 0 Å². The van der Waals surface area contributed by atoms with Gasteiger partial charge in [0.05, 0.1) is 17.3 Å². The van der Waals surface area contributed by atoms with Crippen molar-refractivity contribution < 1.29 is 4.79 Å². The number of carbonyl (C=O) groups excluding carboxylic acids is 1. The van der Waals surface area contributed by atoms with Crippen molar-refractivity contribution in [3.63, 3.8) is 0 Å². The maximum absolute atomic E-state index is 11.4. The first kappa shape index (κ1) is 12.6. The molecule has 0 aliphatic heterocycles. The molecule has 18 heavy (non-hydrogen) atoms. The fourth-order valence-electron chi connectivity index (χ4n) is 1.41. The topological polar surface area (TPSA) is 95.6 Å². The van der Waals surface area contributed by atoms with E-state index in [0.717, 1.165) is 10.4 Å². The largest absolute Gasteiger partial charge is 0.357 e. The molecule has 0 aromatic carbocycles.